The maximum Gasteiger partial charge on any atom is 0.303 e. The van der Waals surface area contributed by atoms with Crippen LogP contribution in [0.25, 0.3) is 44.2 Å². The van der Waals surface area contributed by atoms with Crippen molar-refractivity contribution in [3.05, 3.63) is 84.8 Å². The molecule has 3 aromatic heterocycles. The summed E-state index contributed by atoms with van der Waals surface area (Å²) in [6.07, 6.45) is 6.33. The molecule has 30 heavy (non-hydrogen) atoms. The Morgan fingerprint density at radius 3 is 2.60 bits per heavy atom. The first-order valence-corrected chi connectivity index (χ1v) is 9.81. The van der Waals surface area contributed by atoms with Crippen molar-refractivity contribution in [2.75, 3.05) is 0 Å². The normalized spacial score (nSPS) is 11.2. The molecule has 0 aliphatic carbocycles. The largest absolute Gasteiger partial charge is 0.481 e. The van der Waals surface area contributed by atoms with Crippen LogP contribution in [0.5, 0.6) is 0 Å². The third-order valence-corrected chi connectivity index (χ3v) is 5.38. The van der Waals surface area contributed by atoms with Gasteiger partial charge in [-0.3, -0.25) is 9.78 Å². The molecule has 3 heterocycles. The lowest BCUT2D eigenvalue weighted by Crippen LogP contribution is -1.97. The molecule has 0 fully saturated rings. The summed E-state index contributed by atoms with van der Waals surface area (Å²) in [4.78, 5) is 23.1. The summed E-state index contributed by atoms with van der Waals surface area (Å²) in [6.45, 7) is 0. The summed E-state index contributed by atoms with van der Waals surface area (Å²) in [5, 5.41) is 11.0. The van der Waals surface area contributed by atoms with Gasteiger partial charge in [-0.25, -0.2) is 4.98 Å². The molecule has 5 nitrogen and oxygen atoms in total. The van der Waals surface area contributed by atoms with Gasteiger partial charge in [0.2, 0.25) is 0 Å². The predicted octanol–water partition coefficient (Wildman–Crippen LogP) is 5.46. The van der Waals surface area contributed by atoms with Crippen LogP contribution in [0.2, 0.25) is 0 Å². The average molecular weight is 393 g/mol. The van der Waals surface area contributed by atoms with Crippen LogP contribution in [0.4, 0.5) is 0 Å². The zero-order valence-corrected chi connectivity index (χ0v) is 16.2. The van der Waals surface area contributed by atoms with E-state index < -0.39 is 5.97 Å². The van der Waals surface area contributed by atoms with Crippen LogP contribution in [-0.2, 0) is 11.2 Å². The molecule has 0 atom stereocenters. The average Bonchev–Trinajstić information content (AvgIpc) is 3.21. The van der Waals surface area contributed by atoms with Crippen molar-refractivity contribution in [1.82, 2.24) is 15.0 Å². The molecule has 0 radical (unpaired) electrons. The zero-order valence-electron chi connectivity index (χ0n) is 16.2. The Hall–Kier alpha value is -3.99. The predicted molar refractivity (Wildman–Crippen MR) is 118 cm³/mol. The summed E-state index contributed by atoms with van der Waals surface area (Å²) in [5.74, 6) is -0.780. The number of aromatic nitrogens is 3. The Morgan fingerprint density at radius 1 is 0.900 bits per heavy atom. The fraction of sp³-hybridized carbons (Fsp3) is 0.0800. The number of aromatic amines is 1. The summed E-state index contributed by atoms with van der Waals surface area (Å²) in [7, 11) is 0. The molecule has 0 bridgehead atoms. The minimum Gasteiger partial charge on any atom is -0.481 e. The molecule has 5 heteroatoms. The van der Waals surface area contributed by atoms with Crippen molar-refractivity contribution in [2.45, 2.75) is 12.8 Å². The van der Waals surface area contributed by atoms with Crippen LogP contribution >= 0.6 is 0 Å². The zero-order chi connectivity index (χ0) is 20.5. The molecule has 0 aliphatic rings. The number of nitrogens with one attached hydrogen (secondary N) is 1. The molecule has 0 aliphatic heterocycles. The highest BCUT2D eigenvalue weighted by Crippen LogP contribution is 2.33. The van der Waals surface area contributed by atoms with Crippen molar-refractivity contribution in [2.24, 2.45) is 0 Å². The number of pyridine rings is 2. The fourth-order valence-corrected chi connectivity index (χ4v) is 3.85. The number of rotatable bonds is 5. The summed E-state index contributed by atoms with van der Waals surface area (Å²) in [6, 6.07) is 20.4. The Kier molecular flexibility index (Phi) is 4.48. The Bertz CT molecular complexity index is 1370. The van der Waals surface area contributed by atoms with E-state index in [-0.39, 0.29) is 6.42 Å². The van der Waals surface area contributed by atoms with Crippen molar-refractivity contribution < 1.29 is 9.90 Å². The molecule has 146 valence electrons. The second-order valence-corrected chi connectivity index (χ2v) is 7.29. The lowest BCUT2D eigenvalue weighted by atomic mass is 9.98. The number of benzene rings is 2. The van der Waals surface area contributed by atoms with Crippen LogP contribution in [0.15, 0.2) is 79.3 Å². The molecule has 2 N–H and O–H groups in total. The summed E-state index contributed by atoms with van der Waals surface area (Å²) < 4.78 is 0. The molecule has 5 rings (SSSR count). The van der Waals surface area contributed by atoms with Gasteiger partial charge in [-0.05, 0) is 41.3 Å². The second-order valence-electron chi connectivity index (χ2n) is 7.29. The molecular formula is C25H19N3O2. The number of aliphatic carboxylic acids is 1. The van der Waals surface area contributed by atoms with E-state index in [1.807, 2.05) is 54.9 Å². The number of hydrogen-bond donors (Lipinski definition) is 2. The highest BCUT2D eigenvalue weighted by molar-refractivity contribution is 5.99. The van der Waals surface area contributed by atoms with E-state index in [1.54, 1.807) is 6.20 Å². The van der Waals surface area contributed by atoms with Gasteiger partial charge in [0.15, 0.2) is 0 Å². The van der Waals surface area contributed by atoms with Gasteiger partial charge in [0.25, 0.3) is 0 Å². The smallest absolute Gasteiger partial charge is 0.303 e. The lowest BCUT2D eigenvalue weighted by Gasteiger charge is -2.07. The van der Waals surface area contributed by atoms with Crippen LogP contribution in [0.3, 0.4) is 0 Å². The maximum atomic E-state index is 10.8. The Morgan fingerprint density at radius 2 is 1.77 bits per heavy atom. The van der Waals surface area contributed by atoms with Crippen LogP contribution in [0.1, 0.15) is 12.0 Å². The van der Waals surface area contributed by atoms with E-state index in [1.165, 1.54) is 0 Å². The molecular weight excluding hydrogens is 374 g/mol. The first-order valence-electron chi connectivity index (χ1n) is 9.81. The molecule has 2 aromatic carbocycles. The molecule has 0 saturated carbocycles. The van der Waals surface area contributed by atoms with Crippen molar-refractivity contribution in [1.29, 1.82) is 0 Å². The number of hydrogen-bond acceptors (Lipinski definition) is 3. The van der Waals surface area contributed by atoms with Gasteiger partial charge in [-0.15, -0.1) is 0 Å². The molecule has 0 unspecified atom stereocenters. The summed E-state index contributed by atoms with van der Waals surface area (Å²) in [5.41, 5.74) is 7.10. The fourth-order valence-electron chi connectivity index (χ4n) is 3.85. The minimum atomic E-state index is -0.780. The monoisotopic (exact) mass is 393 g/mol. The number of H-pyrrole nitrogens is 1. The highest BCUT2D eigenvalue weighted by Gasteiger charge is 2.11. The number of nitrogens with zero attached hydrogens (tertiary/aromatic N) is 2. The molecule has 0 spiro atoms. The van der Waals surface area contributed by atoms with Crippen LogP contribution in [-0.4, -0.2) is 26.0 Å². The van der Waals surface area contributed by atoms with Gasteiger partial charge >= 0.3 is 5.97 Å². The first kappa shape index (κ1) is 18.1. The second kappa shape index (κ2) is 7.44. The van der Waals surface area contributed by atoms with Gasteiger partial charge in [0.05, 0.1) is 5.52 Å². The molecule has 0 amide bonds. The van der Waals surface area contributed by atoms with Gasteiger partial charge in [-0.1, -0.05) is 42.5 Å². The Balaban J connectivity index is 1.56. The van der Waals surface area contributed by atoms with E-state index in [0.717, 1.165) is 49.8 Å². The van der Waals surface area contributed by atoms with E-state index in [0.29, 0.717) is 6.42 Å². The van der Waals surface area contributed by atoms with E-state index >= 15 is 0 Å². The maximum absolute atomic E-state index is 10.8. The number of aryl methyl sites for hydroxylation is 1. The van der Waals surface area contributed by atoms with Crippen molar-refractivity contribution in [3.63, 3.8) is 0 Å². The molecule has 0 saturated heterocycles. The number of carboxylic acid groups (broad SMARTS) is 1. The number of fused-ring (bicyclic) bond motifs is 2. The first-order chi connectivity index (χ1) is 14.7. The van der Waals surface area contributed by atoms with E-state index in [9.17, 15) is 4.79 Å². The van der Waals surface area contributed by atoms with E-state index in [4.69, 9.17) is 5.11 Å². The van der Waals surface area contributed by atoms with Crippen LogP contribution in [0, 0.1) is 0 Å². The highest BCUT2D eigenvalue weighted by atomic mass is 16.4. The third-order valence-electron chi connectivity index (χ3n) is 5.38. The summed E-state index contributed by atoms with van der Waals surface area (Å²) >= 11 is 0. The van der Waals surface area contributed by atoms with Gasteiger partial charge in [0, 0.05) is 46.9 Å². The van der Waals surface area contributed by atoms with Crippen molar-refractivity contribution in [3.8, 4) is 22.3 Å². The Labute approximate surface area is 173 Å². The lowest BCUT2D eigenvalue weighted by molar-refractivity contribution is -0.136. The molecule has 5 aromatic rings. The number of carbonyl (C=O) groups is 1. The van der Waals surface area contributed by atoms with E-state index in [2.05, 4.69) is 33.2 Å². The van der Waals surface area contributed by atoms with Gasteiger partial charge in [-0.2, -0.15) is 0 Å². The van der Waals surface area contributed by atoms with Gasteiger partial charge in [0.1, 0.15) is 5.65 Å². The number of carboxylic acids is 1. The quantitative estimate of drug-likeness (QED) is 0.415. The minimum absolute atomic E-state index is 0.138. The topological polar surface area (TPSA) is 78.9 Å². The van der Waals surface area contributed by atoms with Gasteiger partial charge < -0.3 is 10.1 Å². The van der Waals surface area contributed by atoms with Crippen LogP contribution < -0.4 is 0 Å². The standard InChI is InChI=1S/C25H19N3O2/c29-24(30)11-8-16-6-9-17(10-7-16)22-15-28-25-21(22)13-18(14-27-25)19-3-1-5-23-20(19)4-2-12-26-23/h1-7,9-10,12-15H,8,11H2,(H,27,28)(H,29,30). The van der Waals surface area contributed by atoms with Crippen molar-refractivity contribution >= 4 is 27.9 Å². The third kappa shape index (κ3) is 3.31. The SMILES string of the molecule is O=C(O)CCc1ccc(-c2c[nH]c3ncc(-c4cccc5ncccc45)cc23)cc1.